The second kappa shape index (κ2) is 7.62. The number of rotatable bonds is 5. The summed E-state index contributed by atoms with van der Waals surface area (Å²) < 4.78 is 5.35. The molecule has 156 valence electrons. The summed E-state index contributed by atoms with van der Waals surface area (Å²) >= 11 is 1.54. The molecular weight excluding hydrogens is 416 g/mol. The van der Waals surface area contributed by atoms with Gasteiger partial charge in [-0.3, -0.25) is 14.6 Å². The Hall–Kier alpha value is -3.53. The maximum atomic E-state index is 13.1. The highest BCUT2D eigenvalue weighted by molar-refractivity contribution is 7.98. The van der Waals surface area contributed by atoms with Gasteiger partial charge in [0.05, 0.1) is 5.69 Å². The molecular formula is C21H18N6O3S. The van der Waals surface area contributed by atoms with Gasteiger partial charge < -0.3 is 4.52 Å². The molecule has 5 rings (SSSR count). The number of anilines is 1. The molecule has 1 aromatic heterocycles. The number of amides is 2. The quantitative estimate of drug-likeness (QED) is 0.448. The zero-order valence-electron chi connectivity index (χ0n) is 16.8. The van der Waals surface area contributed by atoms with Crippen LogP contribution in [0.3, 0.4) is 0 Å². The molecule has 0 bridgehead atoms. The maximum absolute atomic E-state index is 13.1. The van der Waals surface area contributed by atoms with E-state index in [9.17, 15) is 9.59 Å². The van der Waals surface area contributed by atoms with E-state index in [1.165, 1.54) is 21.7 Å². The summed E-state index contributed by atoms with van der Waals surface area (Å²) in [6.45, 7) is 2.09. The molecule has 2 aliphatic heterocycles. The molecule has 10 heteroatoms. The van der Waals surface area contributed by atoms with Crippen molar-refractivity contribution >= 4 is 29.3 Å². The lowest BCUT2D eigenvalue weighted by Gasteiger charge is -2.19. The van der Waals surface area contributed by atoms with E-state index < -0.39 is 12.1 Å². The molecule has 3 heterocycles. The highest BCUT2D eigenvalue weighted by atomic mass is 32.2. The molecule has 0 saturated carbocycles. The predicted molar refractivity (Wildman–Crippen MR) is 113 cm³/mol. The minimum absolute atomic E-state index is 0.0846. The summed E-state index contributed by atoms with van der Waals surface area (Å²) in [6.07, 6.45) is 1.94. The Morgan fingerprint density at radius 3 is 2.68 bits per heavy atom. The Morgan fingerprint density at radius 2 is 1.90 bits per heavy atom. The number of benzene rings is 2. The summed E-state index contributed by atoms with van der Waals surface area (Å²) in [6, 6.07) is 13.4. The molecule has 0 spiro atoms. The minimum atomic E-state index is -0.870. The normalized spacial score (nSPS) is 20.1. The molecule has 0 aliphatic carbocycles. The maximum Gasteiger partial charge on any atom is 0.263 e. The minimum Gasteiger partial charge on any atom is -0.337 e. The number of hydrogen-bond donors (Lipinski definition) is 0. The molecule has 9 nitrogen and oxygen atoms in total. The van der Waals surface area contributed by atoms with E-state index in [1.54, 1.807) is 6.07 Å². The van der Waals surface area contributed by atoms with Crippen LogP contribution in [-0.2, 0) is 16.1 Å². The van der Waals surface area contributed by atoms with Crippen LogP contribution in [0.5, 0.6) is 0 Å². The molecule has 0 unspecified atom stereocenters. The lowest BCUT2D eigenvalue weighted by molar-refractivity contribution is -0.123. The molecule has 1 saturated heterocycles. The second-order valence-corrected chi connectivity index (χ2v) is 8.16. The van der Waals surface area contributed by atoms with Gasteiger partial charge in [-0.2, -0.15) is 10.1 Å². The number of carbonyl (C=O) groups excluding carboxylic acids is 2. The summed E-state index contributed by atoms with van der Waals surface area (Å²) in [4.78, 5) is 32.6. The van der Waals surface area contributed by atoms with Crippen LogP contribution in [0.15, 0.2) is 68.3 Å². The van der Waals surface area contributed by atoms with Crippen LogP contribution < -0.4 is 4.90 Å². The lowest BCUT2D eigenvalue weighted by atomic mass is 10.1. The first-order chi connectivity index (χ1) is 15.0. The monoisotopic (exact) mass is 434 g/mol. The Labute approximate surface area is 182 Å². The third-order valence-electron chi connectivity index (χ3n) is 5.24. The molecule has 2 aliphatic rings. The zero-order chi connectivity index (χ0) is 21.5. The van der Waals surface area contributed by atoms with E-state index in [-0.39, 0.29) is 18.4 Å². The topological polar surface area (TPSA) is 104 Å². The summed E-state index contributed by atoms with van der Waals surface area (Å²) in [7, 11) is 0. The fourth-order valence-corrected chi connectivity index (χ4v) is 4.09. The van der Waals surface area contributed by atoms with Gasteiger partial charge in [0.25, 0.3) is 11.8 Å². The lowest BCUT2D eigenvalue weighted by Crippen LogP contribution is -2.39. The first kappa shape index (κ1) is 19.4. The smallest absolute Gasteiger partial charge is 0.263 e. The molecule has 0 radical (unpaired) electrons. The first-order valence-electron chi connectivity index (χ1n) is 9.64. The van der Waals surface area contributed by atoms with Gasteiger partial charge in [-0.1, -0.05) is 46.3 Å². The van der Waals surface area contributed by atoms with E-state index in [2.05, 4.69) is 20.5 Å². The van der Waals surface area contributed by atoms with Gasteiger partial charge in [-0.25, -0.2) is 4.90 Å². The first-order valence-corrected chi connectivity index (χ1v) is 10.9. The van der Waals surface area contributed by atoms with Crippen LogP contribution in [0.2, 0.25) is 0 Å². The standard InChI is InChI=1S/C21H18N6O3S/c1-12-6-8-13(9-7-12)19-22-16(30-24-19)11-26-18-17(23-25-26)20(28)27(21(18)29)14-4-3-5-15(10-14)31-2/h3-10,17-18H,11H2,1-2H3/t17-,18-/m0/s1. The third kappa shape index (κ3) is 3.38. The highest BCUT2D eigenvalue weighted by Gasteiger charge is 2.55. The van der Waals surface area contributed by atoms with E-state index in [0.29, 0.717) is 17.4 Å². The summed E-state index contributed by atoms with van der Waals surface area (Å²) in [5.74, 6) is -0.00725. The van der Waals surface area contributed by atoms with Gasteiger partial charge in [0, 0.05) is 10.5 Å². The number of nitrogens with zero attached hydrogens (tertiary/aromatic N) is 6. The Bertz CT molecular complexity index is 1190. The fraction of sp³-hybridized carbons (Fsp3) is 0.238. The van der Waals surface area contributed by atoms with Crippen LogP contribution in [0, 0.1) is 6.92 Å². The number of aryl methyl sites for hydroxylation is 1. The van der Waals surface area contributed by atoms with E-state index in [0.717, 1.165) is 16.0 Å². The largest absolute Gasteiger partial charge is 0.337 e. The van der Waals surface area contributed by atoms with Gasteiger partial charge in [0.1, 0.15) is 6.54 Å². The van der Waals surface area contributed by atoms with Crippen molar-refractivity contribution in [1.29, 1.82) is 0 Å². The Kier molecular flexibility index (Phi) is 4.78. The summed E-state index contributed by atoms with van der Waals surface area (Å²) in [5.41, 5.74) is 2.49. The van der Waals surface area contributed by atoms with Crippen LogP contribution in [-0.4, -0.2) is 45.3 Å². The molecule has 2 aromatic carbocycles. The van der Waals surface area contributed by atoms with Crippen molar-refractivity contribution in [3.63, 3.8) is 0 Å². The van der Waals surface area contributed by atoms with Gasteiger partial charge in [-0.05, 0) is 31.4 Å². The SMILES string of the molecule is CSc1cccc(N2C(=O)[C@H]3N=NN(Cc4nc(-c5ccc(C)cc5)no4)[C@@H]3C2=O)c1. The van der Waals surface area contributed by atoms with Crippen molar-refractivity contribution in [3.8, 4) is 11.4 Å². The number of aromatic nitrogens is 2. The summed E-state index contributed by atoms with van der Waals surface area (Å²) in [5, 5.41) is 13.5. The van der Waals surface area contributed by atoms with E-state index in [1.807, 2.05) is 55.6 Å². The Balaban J connectivity index is 1.36. The van der Waals surface area contributed by atoms with Crippen molar-refractivity contribution in [1.82, 2.24) is 15.1 Å². The number of fused-ring (bicyclic) bond motifs is 1. The predicted octanol–water partition coefficient (Wildman–Crippen LogP) is 3.26. The van der Waals surface area contributed by atoms with E-state index >= 15 is 0 Å². The molecule has 31 heavy (non-hydrogen) atoms. The molecule has 3 aromatic rings. The number of hydrogen-bond acceptors (Lipinski definition) is 9. The second-order valence-electron chi connectivity index (χ2n) is 7.28. The molecule has 2 atom stereocenters. The number of thioether (sulfide) groups is 1. The average molecular weight is 434 g/mol. The van der Waals surface area contributed by atoms with Gasteiger partial charge in [0.2, 0.25) is 11.7 Å². The van der Waals surface area contributed by atoms with Gasteiger partial charge in [-0.15, -0.1) is 11.8 Å². The van der Waals surface area contributed by atoms with Crippen molar-refractivity contribution in [2.24, 2.45) is 10.3 Å². The molecule has 2 amide bonds. The van der Waals surface area contributed by atoms with Crippen LogP contribution >= 0.6 is 11.8 Å². The highest BCUT2D eigenvalue weighted by Crippen LogP contribution is 2.34. The van der Waals surface area contributed by atoms with Crippen LogP contribution in [0.1, 0.15) is 11.5 Å². The molecule has 0 N–H and O–H groups in total. The van der Waals surface area contributed by atoms with Crippen molar-refractivity contribution in [3.05, 3.63) is 60.0 Å². The average Bonchev–Trinajstić information content (AvgIpc) is 3.47. The van der Waals surface area contributed by atoms with Crippen LogP contribution in [0.25, 0.3) is 11.4 Å². The zero-order valence-corrected chi connectivity index (χ0v) is 17.6. The Morgan fingerprint density at radius 1 is 1.10 bits per heavy atom. The van der Waals surface area contributed by atoms with Gasteiger partial charge in [0.15, 0.2) is 12.1 Å². The van der Waals surface area contributed by atoms with Crippen molar-refractivity contribution < 1.29 is 14.1 Å². The number of carbonyl (C=O) groups is 2. The van der Waals surface area contributed by atoms with E-state index in [4.69, 9.17) is 4.52 Å². The fourth-order valence-electron chi connectivity index (χ4n) is 3.64. The van der Waals surface area contributed by atoms with Crippen LogP contribution in [0.4, 0.5) is 5.69 Å². The molecule has 1 fully saturated rings. The van der Waals surface area contributed by atoms with Crippen molar-refractivity contribution in [2.45, 2.75) is 30.4 Å². The van der Waals surface area contributed by atoms with Gasteiger partial charge >= 0.3 is 0 Å². The third-order valence-corrected chi connectivity index (χ3v) is 5.97. The van der Waals surface area contributed by atoms with Crippen molar-refractivity contribution in [2.75, 3.05) is 11.2 Å². The number of imide groups is 1.